The molecule has 2 N–H and O–H groups in total. The molecule has 3 heterocycles. The van der Waals surface area contributed by atoms with Crippen LogP contribution in [0.1, 0.15) is 16.8 Å². The van der Waals surface area contributed by atoms with Gasteiger partial charge in [0.15, 0.2) is 0 Å². The molecule has 2 aliphatic rings. The Labute approximate surface area is 150 Å². The van der Waals surface area contributed by atoms with E-state index in [-0.39, 0.29) is 5.91 Å². The summed E-state index contributed by atoms with van der Waals surface area (Å²) >= 11 is 0. The van der Waals surface area contributed by atoms with Crippen molar-refractivity contribution in [1.29, 1.82) is 0 Å². The first kappa shape index (κ1) is 16.8. The van der Waals surface area contributed by atoms with Gasteiger partial charge in [-0.25, -0.2) is 13.1 Å². The Balaban J connectivity index is 1.72. The molecule has 26 heavy (non-hydrogen) atoms. The van der Waals surface area contributed by atoms with E-state index in [0.29, 0.717) is 30.0 Å². The van der Waals surface area contributed by atoms with E-state index in [1.54, 1.807) is 36.6 Å². The highest BCUT2D eigenvalue weighted by Crippen LogP contribution is 2.32. The molecule has 0 radical (unpaired) electrons. The molecular formula is C17H17N3O5S. The normalized spacial score (nSPS) is 22.6. The molecule has 2 aliphatic heterocycles. The largest absolute Gasteiger partial charge is 0.464 e. The van der Waals surface area contributed by atoms with Gasteiger partial charge >= 0.3 is 0 Å². The van der Waals surface area contributed by atoms with Crippen molar-refractivity contribution in [2.24, 2.45) is 0 Å². The Morgan fingerprint density at radius 1 is 1.27 bits per heavy atom. The van der Waals surface area contributed by atoms with Gasteiger partial charge in [0, 0.05) is 12.1 Å². The first-order valence-electron chi connectivity index (χ1n) is 8.10. The van der Waals surface area contributed by atoms with Crippen molar-refractivity contribution in [3.63, 3.8) is 0 Å². The minimum Gasteiger partial charge on any atom is -0.464 e. The standard InChI is InChI=1S/C17H17N3O5S/c1-26(23,24)19-13-6-7-20-15(13)16(21)18-12-5-4-10(9-11(12)17(20)22)14-3-2-8-25-14/h2-5,8-9,13,15,19H,6-7H2,1H3,(H,18,21)/t13-,15-/m0/s1. The summed E-state index contributed by atoms with van der Waals surface area (Å²) in [5.41, 5.74) is 1.48. The van der Waals surface area contributed by atoms with Gasteiger partial charge in [-0.3, -0.25) is 9.59 Å². The fourth-order valence-electron chi connectivity index (χ4n) is 3.53. The van der Waals surface area contributed by atoms with Crippen LogP contribution >= 0.6 is 0 Å². The van der Waals surface area contributed by atoms with Crippen molar-refractivity contribution in [3.05, 3.63) is 42.2 Å². The van der Waals surface area contributed by atoms with Crippen LogP contribution in [0.25, 0.3) is 11.3 Å². The van der Waals surface area contributed by atoms with Crippen molar-refractivity contribution < 1.29 is 22.4 Å². The third-order valence-corrected chi connectivity index (χ3v) is 5.34. The van der Waals surface area contributed by atoms with E-state index in [1.165, 1.54) is 4.90 Å². The molecule has 136 valence electrons. The lowest BCUT2D eigenvalue weighted by atomic mass is 10.1. The number of rotatable bonds is 3. The molecule has 2 aromatic rings. The molecule has 0 aliphatic carbocycles. The predicted octanol–water partition coefficient (Wildman–Crippen LogP) is 1.03. The summed E-state index contributed by atoms with van der Waals surface area (Å²) < 4.78 is 31.0. The highest BCUT2D eigenvalue weighted by atomic mass is 32.2. The topological polar surface area (TPSA) is 109 Å². The van der Waals surface area contributed by atoms with Crippen molar-refractivity contribution >= 4 is 27.5 Å². The average molecular weight is 375 g/mol. The summed E-state index contributed by atoms with van der Waals surface area (Å²) in [5.74, 6) is -0.0955. The number of nitrogens with zero attached hydrogens (tertiary/aromatic N) is 1. The number of anilines is 1. The van der Waals surface area contributed by atoms with Crippen LogP contribution in [0.2, 0.25) is 0 Å². The number of carbonyl (C=O) groups excluding carboxylic acids is 2. The van der Waals surface area contributed by atoms with Crippen LogP contribution in [0.15, 0.2) is 41.0 Å². The number of furan rings is 1. The molecule has 1 saturated heterocycles. The van der Waals surface area contributed by atoms with Crippen LogP contribution in [0.5, 0.6) is 0 Å². The SMILES string of the molecule is CS(=O)(=O)N[C@H]1CCN2C(=O)c3cc(-c4ccco4)ccc3NC(=O)[C@H]12. The zero-order chi connectivity index (χ0) is 18.5. The zero-order valence-corrected chi connectivity index (χ0v) is 14.7. The Morgan fingerprint density at radius 2 is 2.08 bits per heavy atom. The third-order valence-electron chi connectivity index (χ3n) is 4.61. The zero-order valence-electron chi connectivity index (χ0n) is 13.9. The van der Waals surface area contributed by atoms with Crippen LogP contribution in [0.4, 0.5) is 5.69 Å². The van der Waals surface area contributed by atoms with E-state index < -0.39 is 28.0 Å². The number of nitrogens with one attached hydrogen (secondary N) is 2. The highest BCUT2D eigenvalue weighted by Gasteiger charge is 2.45. The lowest BCUT2D eigenvalue weighted by Crippen LogP contribution is -2.51. The first-order valence-corrected chi connectivity index (χ1v) is 10.00. The van der Waals surface area contributed by atoms with Crippen LogP contribution in [0.3, 0.4) is 0 Å². The lowest BCUT2D eigenvalue weighted by Gasteiger charge is -2.24. The van der Waals surface area contributed by atoms with E-state index in [4.69, 9.17) is 4.42 Å². The summed E-state index contributed by atoms with van der Waals surface area (Å²) in [7, 11) is -3.50. The summed E-state index contributed by atoms with van der Waals surface area (Å²) in [5, 5.41) is 2.75. The van der Waals surface area contributed by atoms with Gasteiger partial charge < -0.3 is 14.6 Å². The van der Waals surface area contributed by atoms with Crippen LogP contribution in [-0.2, 0) is 14.8 Å². The maximum Gasteiger partial charge on any atom is 0.256 e. The third kappa shape index (κ3) is 2.89. The smallest absolute Gasteiger partial charge is 0.256 e. The maximum atomic E-state index is 13.0. The summed E-state index contributed by atoms with van der Waals surface area (Å²) in [6.45, 7) is 0.300. The second kappa shape index (κ2) is 5.96. The molecule has 0 bridgehead atoms. The maximum absolute atomic E-state index is 13.0. The van der Waals surface area contributed by atoms with Gasteiger partial charge in [-0.2, -0.15) is 0 Å². The molecule has 4 rings (SSSR count). The number of hydrogen-bond donors (Lipinski definition) is 2. The minimum absolute atomic E-state index is 0.300. The lowest BCUT2D eigenvalue weighted by molar-refractivity contribution is -0.120. The number of benzene rings is 1. The summed E-state index contributed by atoms with van der Waals surface area (Å²) in [4.78, 5) is 27.1. The van der Waals surface area contributed by atoms with E-state index >= 15 is 0 Å². The quantitative estimate of drug-likeness (QED) is 0.833. The molecule has 1 fully saturated rings. The van der Waals surface area contributed by atoms with Gasteiger partial charge in [-0.05, 0) is 36.8 Å². The highest BCUT2D eigenvalue weighted by molar-refractivity contribution is 7.88. The molecular weight excluding hydrogens is 358 g/mol. The summed E-state index contributed by atoms with van der Waals surface area (Å²) in [6.07, 6.45) is 2.96. The Morgan fingerprint density at radius 3 is 2.77 bits per heavy atom. The number of carbonyl (C=O) groups is 2. The second-order valence-electron chi connectivity index (χ2n) is 6.46. The first-order chi connectivity index (χ1) is 12.3. The van der Waals surface area contributed by atoms with Crippen molar-refractivity contribution in [2.75, 3.05) is 18.1 Å². The summed E-state index contributed by atoms with van der Waals surface area (Å²) in [6, 6.07) is 7.10. The average Bonchev–Trinajstić information content (AvgIpc) is 3.20. The fraction of sp³-hybridized carbons (Fsp3) is 0.294. The number of hydrogen-bond acceptors (Lipinski definition) is 5. The van der Waals surface area contributed by atoms with E-state index in [1.807, 2.05) is 0 Å². The number of fused-ring (bicyclic) bond motifs is 2. The van der Waals surface area contributed by atoms with E-state index in [0.717, 1.165) is 11.8 Å². The monoisotopic (exact) mass is 375 g/mol. The number of amides is 2. The Hall–Kier alpha value is -2.65. The minimum atomic E-state index is -3.50. The Kier molecular flexibility index (Phi) is 3.85. The molecule has 2 amide bonds. The molecule has 1 aromatic carbocycles. The molecule has 0 spiro atoms. The van der Waals surface area contributed by atoms with E-state index in [2.05, 4.69) is 10.0 Å². The van der Waals surface area contributed by atoms with Gasteiger partial charge in [-0.15, -0.1) is 0 Å². The molecule has 0 saturated carbocycles. The molecule has 1 aromatic heterocycles. The molecule has 8 nitrogen and oxygen atoms in total. The molecule has 2 atom stereocenters. The van der Waals surface area contributed by atoms with Crippen LogP contribution in [0, 0.1) is 0 Å². The van der Waals surface area contributed by atoms with Crippen molar-refractivity contribution in [2.45, 2.75) is 18.5 Å². The Bertz CT molecular complexity index is 984. The molecule has 9 heteroatoms. The van der Waals surface area contributed by atoms with Gasteiger partial charge in [-0.1, -0.05) is 0 Å². The van der Waals surface area contributed by atoms with Gasteiger partial charge in [0.1, 0.15) is 11.8 Å². The fourth-order valence-corrected chi connectivity index (χ4v) is 4.33. The van der Waals surface area contributed by atoms with Crippen LogP contribution in [-0.4, -0.2) is 50.0 Å². The second-order valence-corrected chi connectivity index (χ2v) is 8.24. The number of sulfonamides is 1. The van der Waals surface area contributed by atoms with E-state index in [9.17, 15) is 18.0 Å². The van der Waals surface area contributed by atoms with Gasteiger partial charge in [0.25, 0.3) is 5.91 Å². The van der Waals surface area contributed by atoms with Crippen molar-refractivity contribution in [3.8, 4) is 11.3 Å². The van der Waals surface area contributed by atoms with Gasteiger partial charge in [0.05, 0.1) is 29.8 Å². The van der Waals surface area contributed by atoms with Crippen molar-refractivity contribution in [1.82, 2.24) is 9.62 Å². The van der Waals surface area contributed by atoms with Crippen LogP contribution < -0.4 is 10.0 Å². The molecule has 0 unspecified atom stereocenters. The van der Waals surface area contributed by atoms with Gasteiger partial charge in [0.2, 0.25) is 15.9 Å². The predicted molar refractivity (Wildman–Crippen MR) is 94.0 cm³/mol.